The Morgan fingerprint density at radius 1 is 1.00 bits per heavy atom. The molecule has 27 heavy (non-hydrogen) atoms. The van der Waals surface area contributed by atoms with E-state index in [1.807, 2.05) is 18.5 Å². The summed E-state index contributed by atoms with van der Waals surface area (Å²) in [6.07, 6.45) is 2.48. The fourth-order valence-electron chi connectivity index (χ4n) is 3.63. The van der Waals surface area contributed by atoms with Crippen LogP contribution in [0.5, 0.6) is 0 Å². The second-order valence-corrected chi connectivity index (χ2v) is 7.98. The Kier molecular flexibility index (Phi) is 3.51. The van der Waals surface area contributed by atoms with Crippen LogP contribution in [0, 0.1) is 27.7 Å². The van der Waals surface area contributed by atoms with E-state index in [2.05, 4.69) is 46.1 Å². The molecule has 0 atom stereocenters. The van der Waals surface area contributed by atoms with E-state index in [1.165, 1.54) is 5.56 Å². The van der Waals surface area contributed by atoms with Gasteiger partial charge in [-0.1, -0.05) is 0 Å². The fourth-order valence-corrected chi connectivity index (χ4v) is 4.85. The number of hydrogen-bond acceptors (Lipinski definition) is 6. The molecule has 0 radical (unpaired) electrons. The second kappa shape index (κ2) is 5.82. The van der Waals surface area contributed by atoms with Gasteiger partial charge in [0.2, 0.25) is 0 Å². The van der Waals surface area contributed by atoms with Crippen LogP contribution in [0.2, 0.25) is 0 Å². The Balaban J connectivity index is 1.59. The first-order chi connectivity index (χ1) is 13.0. The van der Waals surface area contributed by atoms with E-state index in [4.69, 9.17) is 4.98 Å². The standard InChI is InChI=1S/C19H19N7S/c1-10-7-11(2)21-19-15(10)16-17(27-19)18-22-14(24-26(18)9-20-16)5-6-25-13(4)8-12(3)23-25/h7-9H,5-6H2,1-4H3. The van der Waals surface area contributed by atoms with Gasteiger partial charge in [0.25, 0.3) is 0 Å². The van der Waals surface area contributed by atoms with Crippen LogP contribution in [0.3, 0.4) is 0 Å². The summed E-state index contributed by atoms with van der Waals surface area (Å²) in [6.45, 7) is 8.97. The second-order valence-electron chi connectivity index (χ2n) is 6.98. The average molecular weight is 377 g/mol. The van der Waals surface area contributed by atoms with Gasteiger partial charge in [0.15, 0.2) is 11.5 Å². The maximum Gasteiger partial charge on any atom is 0.176 e. The third-order valence-electron chi connectivity index (χ3n) is 4.79. The minimum absolute atomic E-state index is 0.729. The minimum Gasteiger partial charge on any atom is -0.269 e. The predicted molar refractivity (Wildman–Crippen MR) is 106 cm³/mol. The van der Waals surface area contributed by atoms with Gasteiger partial charge in [0.1, 0.15) is 15.9 Å². The first kappa shape index (κ1) is 16.3. The molecule has 136 valence electrons. The van der Waals surface area contributed by atoms with Gasteiger partial charge in [-0.05, 0) is 45.4 Å². The van der Waals surface area contributed by atoms with Crippen LogP contribution in [0.15, 0.2) is 18.5 Å². The molecular weight excluding hydrogens is 358 g/mol. The molecule has 5 heterocycles. The number of fused-ring (bicyclic) bond motifs is 5. The van der Waals surface area contributed by atoms with Gasteiger partial charge in [-0.15, -0.1) is 16.4 Å². The largest absolute Gasteiger partial charge is 0.269 e. The van der Waals surface area contributed by atoms with E-state index < -0.39 is 0 Å². The highest BCUT2D eigenvalue weighted by atomic mass is 32.1. The van der Waals surface area contributed by atoms with Crippen LogP contribution in [0.25, 0.3) is 26.1 Å². The number of hydrogen-bond donors (Lipinski definition) is 0. The molecule has 5 aromatic rings. The molecule has 0 amide bonds. The van der Waals surface area contributed by atoms with Crippen molar-refractivity contribution in [1.29, 1.82) is 0 Å². The lowest BCUT2D eigenvalue weighted by Crippen LogP contribution is -2.06. The molecule has 0 N–H and O–H groups in total. The van der Waals surface area contributed by atoms with Gasteiger partial charge in [0.05, 0.1) is 11.2 Å². The van der Waals surface area contributed by atoms with Crippen molar-refractivity contribution in [3.63, 3.8) is 0 Å². The van der Waals surface area contributed by atoms with Gasteiger partial charge >= 0.3 is 0 Å². The third kappa shape index (κ3) is 2.59. The van der Waals surface area contributed by atoms with E-state index in [-0.39, 0.29) is 0 Å². The van der Waals surface area contributed by atoms with Crippen molar-refractivity contribution in [2.45, 2.75) is 40.7 Å². The van der Waals surface area contributed by atoms with E-state index >= 15 is 0 Å². The first-order valence-corrected chi connectivity index (χ1v) is 9.73. The van der Waals surface area contributed by atoms with Crippen LogP contribution in [-0.4, -0.2) is 34.3 Å². The van der Waals surface area contributed by atoms with Crippen LogP contribution in [0.1, 0.15) is 28.5 Å². The molecule has 5 rings (SSSR count). The first-order valence-electron chi connectivity index (χ1n) is 8.91. The number of rotatable bonds is 3. The van der Waals surface area contributed by atoms with Crippen LogP contribution in [-0.2, 0) is 13.0 Å². The molecule has 7 nitrogen and oxygen atoms in total. The van der Waals surface area contributed by atoms with Gasteiger partial charge in [0, 0.05) is 29.7 Å². The highest BCUT2D eigenvalue weighted by Gasteiger charge is 2.16. The zero-order valence-corrected chi connectivity index (χ0v) is 16.5. The minimum atomic E-state index is 0.729. The lowest BCUT2D eigenvalue weighted by Gasteiger charge is -2.00. The maximum absolute atomic E-state index is 4.79. The quantitative estimate of drug-likeness (QED) is 0.481. The Labute approximate surface area is 159 Å². The molecule has 0 aliphatic carbocycles. The summed E-state index contributed by atoms with van der Waals surface area (Å²) in [5, 5.41) is 10.2. The van der Waals surface area contributed by atoms with E-state index in [1.54, 1.807) is 22.2 Å². The number of nitrogens with zero attached hydrogens (tertiary/aromatic N) is 7. The highest BCUT2D eigenvalue weighted by Crippen LogP contribution is 2.35. The molecule has 8 heteroatoms. The Hall–Kier alpha value is -2.87. The van der Waals surface area contributed by atoms with Crippen LogP contribution < -0.4 is 0 Å². The summed E-state index contributed by atoms with van der Waals surface area (Å²) >= 11 is 1.64. The van der Waals surface area contributed by atoms with Crippen molar-refractivity contribution in [2.24, 2.45) is 0 Å². The lowest BCUT2D eigenvalue weighted by atomic mass is 10.1. The maximum atomic E-state index is 4.79. The Morgan fingerprint density at radius 2 is 1.85 bits per heavy atom. The lowest BCUT2D eigenvalue weighted by molar-refractivity contribution is 0.581. The van der Waals surface area contributed by atoms with Crippen molar-refractivity contribution in [1.82, 2.24) is 34.3 Å². The summed E-state index contributed by atoms with van der Waals surface area (Å²) in [4.78, 5) is 15.1. The third-order valence-corrected chi connectivity index (χ3v) is 5.86. The van der Waals surface area contributed by atoms with E-state index in [0.29, 0.717) is 0 Å². The van der Waals surface area contributed by atoms with Crippen LogP contribution >= 0.6 is 11.3 Å². The molecule has 0 unspecified atom stereocenters. The zero-order valence-electron chi connectivity index (χ0n) is 15.7. The van der Waals surface area contributed by atoms with E-state index in [0.717, 1.165) is 62.0 Å². The molecule has 0 aromatic carbocycles. The molecular formula is C19H19N7S. The van der Waals surface area contributed by atoms with Crippen molar-refractivity contribution in [2.75, 3.05) is 0 Å². The van der Waals surface area contributed by atoms with Gasteiger partial charge in [-0.3, -0.25) is 4.68 Å². The van der Waals surface area contributed by atoms with Crippen molar-refractivity contribution in [3.05, 3.63) is 46.9 Å². The van der Waals surface area contributed by atoms with Crippen molar-refractivity contribution < 1.29 is 0 Å². The zero-order chi connectivity index (χ0) is 18.7. The Bertz CT molecular complexity index is 1320. The van der Waals surface area contributed by atoms with Crippen molar-refractivity contribution >= 4 is 37.4 Å². The fraction of sp³-hybridized carbons (Fsp3) is 0.316. The molecule has 0 aliphatic rings. The molecule has 0 aliphatic heterocycles. The molecule has 0 bridgehead atoms. The van der Waals surface area contributed by atoms with Crippen LogP contribution in [0.4, 0.5) is 0 Å². The molecule has 5 aromatic heterocycles. The monoisotopic (exact) mass is 377 g/mol. The molecule has 0 saturated heterocycles. The van der Waals surface area contributed by atoms with Crippen molar-refractivity contribution in [3.8, 4) is 0 Å². The van der Waals surface area contributed by atoms with Gasteiger partial charge in [-0.25, -0.2) is 19.5 Å². The summed E-state index contributed by atoms with van der Waals surface area (Å²) in [7, 11) is 0. The van der Waals surface area contributed by atoms with Gasteiger partial charge in [-0.2, -0.15) is 5.10 Å². The average Bonchev–Trinajstić information content (AvgIpc) is 3.26. The van der Waals surface area contributed by atoms with E-state index in [9.17, 15) is 0 Å². The highest BCUT2D eigenvalue weighted by molar-refractivity contribution is 7.26. The SMILES string of the molecule is Cc1cc(C)c2c(n1)sc1c2ncn2nc(CCn3nc(C)cc3C)nc12. The summed E-state index contributed by atoms with van der Waals surface area (Å²) in [5.74, 6) is 0.801. The smallest absolute Gasteiger partial charge is 0.176 e. The summed E-state index contributed by atoms with van der Waals surface area (Å²) in [5.41, 5.74) is 6.22. The van der Waals surface area contributed by atoms with Gasteiger partial charge < -0.3 is 0 Å². The number of pyridine rings is 1. The molecule has 0 spiro atoms. The number of thiophene rings is 1. The molecule has 0 fully saturated rings. The number of aryl methyl sites for hydroxylation is 6. The normalized spacial score (nSPS) is 12.0. The summed E-state index contributed by atoms with van der Waals surface area (Å²) < 4.78 is 4.82. The number of aromatic nitrogens is 7. The Morgan fingerprint density at radius 3 is 2.63 bits per heavy atom. The summed E-state index contributed by atoms with van der Waals surface area (Å²) in [6, 6.07) is 4.18. The molecule has 0 saturated carbocycles. The topological polar surface area (TPSA) is 73.8 Å². The predicted octanol–water partition coefficient (Wildman–Crippen LogP) is 3.56.